The molecule has 2 aromatic heterocycles. The van der Waals surface area contributed by atoms with Gasteiger partial charge in [0.25, 0.3) is 5.91 Å². The molecular weight excluding hydrogens is 454 g/mol. The Kier molecular flexibility index (Phi) is 6.61. The van der Waals surface area contributed by atoms with Crippen LogP contribution in [0.1, 0.15) is 41.1 Å². The molecule has 2 aliphatic rings. The second kappa shape index (κ2) is 9.99. The van der Waals surface area contributed by atoms with Gasteiger partial charge < -0.3 is 20.3 Å². The van der Waals surface area contributed by atoms with Gasteiger partial charge in [-0.05, 0) is 37.6 Å². The summed E-state index contributed by atoms with van der Waals surface area (Å²) >= 11 is 0. The topological polar surface area (TPSA) is 130 Å². The molecule has 0 aliphatic carbocycles. The predicted octanol–water partition coefficient (Wildman–Crippen LogP) is 2.91. The number of carbonyl (C=O) groups excluding carboxylic acids is 1. The number of likely N-dealkylation sites (tertiary alicyclic amines) is 1. The Bertz CT molecular complexity index is 1350. The van der Waals surface area contributed by atoms with E-state index < -0.39 is 12.0 Å². The minimum atomic E-state index is -0.712. The van der Waals surface area contributed by atoms with Crippen LogP contribution in [-0.4, -0.2) is 68.4 Å². The number of hydrogen-bond donors (Lipinski definition) is 2. The zero-order valence-corrected chi connectivity index (χ0v) is 20.3. The van der Waals surface area contributed by atoms with Crippen LogP contribution in [0, 0.1) is 29.6 Å². The second-order valence-corrected chi connectivity index (χ2v) is 9.59. The highest BCUT2D eigenvalue weighted by molar-refractivity contribution is 6.06. The van der Waals surface area contributed by atoms with E-state index in [9.17, 15) is 15.2 Å². The molecule has 0 saturated carbocycles. The number of hydrogen-bond acceptors (Lipinski definition) is 8. The molecule has 0 bridgehead atoms. The molecule has 2 aliphatic heterocycles. The summed E-state index contributed by atoms with van der Waals surface area (Å²) in [5.41, 5.74) is 1.67. The van der Waals surface area contributed by atoms with Crippen LogP contribution in [-0.2, 0) is 6.42 Å². The van der Waals surface area contributed by atoms with E-state index in [0.29, 0.717) is 42.7 Å². The number of anilines is 1. The number of fused-ring (bicyclic) bond motifs is 1. The number of aliphatic hydroxyl groups is 1. The van der Waals surface area contributed by atoms with E-state index in [2.05, 4.69) is 16.0 Å². The summed E-state index contributed by atoms with van der Waals surface area (Å²) in [6.45, 7) is 3.23. The summed E-state index contributed by atoms with van der Waals surface area (Å²) in [6.07, 6.45) is 5.45. The van der Waals surface area contributed by atoms with Crippen LogP contribution >= 0.6 is 0 Å². The van der Waals surface area contributed by atoms with Crippen molar-refractivity contribution in [1.82, 2.24) is 19.9 Å². The quantitative estimate of drug-likeness (QED) is 0.534. The van der Waals surface area contributed by atoms with Crippen molar-refractivity contribution in [3.8, 4) is 6.07 Å². The molecule has 0 radical (unpaired) electrons. The number of carbonyl (C=O) groups is 1. The molecule has 9 nitrogen and oxygen atoms in total. The van der Waals surface area contributed by atoms with Gasteiger partial charge in [-0.2, -0.15) is 5.26 Å². The number of nitrogens with zero attached hydrogens (tertiary/aromatic N) is 6. The first-order valence-electron chi connectivity index (χ1n) is 12.3. The normalized spacial score (nSPS) is 22.0. The lowest BCUT2D eigenvalue weighted by molar-refractivity contribution is 0.0674. The van der Waals surface area contributed by atoms with Crippen molar-refractivity contribution >= 4 is 28.2 Å². The third-order valence-electron chi connectivity index (χ3n) is 7.14. The molecule has 2 fully saturated rings. The lowest BCUT2D eigenvalue weighted by Gasteiger charge is -2.36. The largest absolute Gasteiger partial charge is 0.390 e. The zero-order chi connectivity index (χ0) is 25.2. The van der Waals surface area contributed by atoms with Crippen molar-refractivity contribution in [2.45, 2.75) is 44.8 Å². The van der Waals surface area contributed by atoms with Gasteiger partial charge in [-0.3, -0.25) is 9.78 Å². The number of aromatic nitrogens is 3. The molecule has 2 saturated heterocycles. The molecule has 2 N–H and O–H groups in total. The van der Waals surface area contributed by atoms with Gasteiger partial charge in [0.05, 0.1) is 24.1 Å². The fourth-order valence-corrected chi connectivity index (χ4v) is 5.21. The summed E-state index contributed by atoms with van der Waals surface area (Å²) in [5, 5.41) is 30.1. The Morgan fingerprint density at radius 2 is 2.06 bits per heavy atom. The average Bonchev–Trinajstić information content (AvgIpc) is 3.29. The van der Waals surface area contributed by atoms with Crippen LogP contribution < -0.4 is 4.90 Å². The Morgan fingerprint density at radius 3 is 2.86 bits per heavy atom. The summed E-state index contributed by atoms with van der Waals surface area (Å²) < 4.78 is 0. The fourth-order valence-electron chi connectivity index (χ4n) is 5.21. The van der Waals surface area contributed by atoms with Gasteiger partial charge in [-0.15, -0.1) is 0 Å². The molecule has 3 aromatic rings. The third-order valence-corrected chi connectivity index (χ3v) is 7.14. The summed E-state index contributed by atoms with van der Waals surface area (Å²) in [7, 11) is 0. The maximum Gasteiger partial charge on any atom is 0.273 e. The van der Waals surface area contributed by atoms with Gasteiger partial charge in [-0.25, -0.2) is 9.97 Å². The summed E-state index contributed by atoms with van der Waals surface area (Å²) in [4.78, 5) is 30.9. The molecule has 3 atom stereocenters. The van der Waals surface area contributed by atoms with Crippen molar-refractivity contribution in [2.75, 3.05) is 24.5 Å². The van der Waals surface area contributed by atoms with E-state index in [0.717, 1.165) is 35.6 Å². The van der Waals surface area contributed by atoms with Crippen molar-refractivity contribution in [2.24, 2.45) is 5.92 Å². The van der Waals surface area contributed by atoms with Crippen molar-refractivity contribution < 1.29 is 9.90 Å². The van der Waals surface area contributed by atoms with Gasteiger partial charge in [0.1, 0.15) is 17.3 Å². The molecule has 184 valence electrons. The summed E-state index contributed by atoms with van der Waals surface area (Å²) in [5.74, 6) is 0.573. The Labute approximate surface area is 209 Å². The lowest BCUT2D eigenvalue weighted by Crippen LogP contribution is -2.48. The lowest BCUT2D eigenvalue weighted by atomic mass is 9.95. The number of amides is 1. The predicted molar refractivity (Wildman–Crippen MR) is 136 cm³/mol. The first kappa shape index (κ1) is 23.8. The molecule has 1 aromatic carbocycles. The highest BCUT2D eigenvalue weighted by Gasteiger charge is 2.34. The fraction of sp³-hybridized carbons (Fsp3) is 0.407. The van der Waals surface area contributed by atoms with Crippen LogP contribution in [0.3, 0.4) is 0 Å². The smallest absolute Gasteiger partial charge is 0.273 e. The van der Waals surface area contributed by atoms with E-state index in [-0.39, 0.29) is 18.4 Å². The molecule has 0 spiro atoms. The standard InChI is InChI=1S/C27H29N7O2/c1-17-14-31-24(32-26(17)33-15-19(13-28)23(35)16-33)12-21(29)22-8-4-5-11-34(22)27(36)25-20-7-3-2-6-18(20)9-10-30-25/h2-3,6-7,9-10,14,19,22-23,29,35H,4-5,8,11-12,15-16H2,1H3/t19-,22+,23+/m1/s1. The molecule has 9 heteroatoms. The van der Waals surface area contributed by atoms with E-state index in [1.165, 1.54) is 0 Å². The molecule has 36 heavy (non-hydrogen) atoms. The maximum absolute atomic E-state index is 13.6. The van der Waals surface area contributed by atoms with Gasteiger partial charge in [-0.1, -0.05) is 24.3 Å². The number of aliphatic hydroxyl groups excluding tert-OH is 1. The minimum absolute atomic E-state index is 0.152. The van der Waals surface area contributed by atoms with Crippen molar-refractivity contribution in [3.05, 3.63) is 59.8 Å². The van der Waals surface area contributed by atoms with E-state index in [1.54, 1.807) is 17.3 Å². The Balaban J connectivity index is 1.36. The highest BCUT2D eigenvalue weighted by atomic mass is 16.3. The van der Waals surface area contributed by atoms with Gasteiger partial charge in [0.15, 0.2) is 0 Å². The maximum atomic E-state index is 13.6. The minimum Gasteiger partial charge on any atom is -0.390 e. The number of β-amino-alcohol motifs (C(OH)–C–C–N with tert-alkyl or cyclic N) is 1. The van der Waals surface area contributed by atoms with Crippen LogP contribution in [0.5, 0.6) is 0 Å². The summed E-state index contributed by atoms with van der Waals surface area (Å²) in [6, 6.07) is 11.4. The molecule has 0 unspecified atom stereocenters. The average molecular weight is 484 g/mol. The monoisotopic (exact) mass is 483 g/mol. The Morgan fingerprint density at radius 1 is 1.22 bits per heavy atom. The zero-order valence-electron chi connectivity index (χ0n) is 20.3. The van der Waals surface area contributed by atoms with E-state index >= 15 is 0 Å². The van der Waals surface area contributed by atoms with Crippen LogP contribution in [0.25, 0.3) is 10.8 Å². The van der Waals surface area contributed by atoms with Crippen LogP contribution in [0.4, 0.5) is 5.82 Å². The Hall–Kier alpha value is -3.90. The van der Waals surface area contributed by atoms with Crippen LogP contribution in [0.2, 0.25) is 0 Å². The number of nitrogens with one attached hydrogen (secondary N) is 1. The molecule has 5 rings (SSSR count). The van der Waals surface area contributed by atoms with Crippen LogP contribution in [0.15, 0.2) is 42.7 Å². The van der Waals surface area contributed by atoms with Crippen molar-refractivity contribution in [3.63, 3.8) is 0 Å². The van der Waals surface area contributed by atoms with Gasteiger partial charge >= 0.3 is 0 Å². The molecular formula is C27H29N7O2. The molecule has 4 heterocycles. The van der Waals surface area contributed by atoms with Gasteiger partial charge in [0, 0.05) is 55.1 Å². The number of nitriles is 1. The third kappa shape index (κ3) is 4.52. The second-order valence-electron chi connectivity index (χ2n) is 9.59. The number of rotatable bonds is 5. The first-order chi connectivity index (χ1) is 17.5. The SMILES string of the molecule is Cc1cnc(CC(=N)[C@@H]2CCCCN2C(=O)c2nccc3ccccc23)nc1N1C[C@@H](C#N)[C@@H](O)C1. The number of piperidine rings is 1. The van der Waals surface area contributed by atoms with Crippen molar-refractivity contribution in [1.29, 1.82) is 10.7 Å². The number of pyridine rings is 1. The molecule has 1 amide bonds. The number of aryl methyl sites for hydroxylation is 1. The van der Waals surface area contributed by atoms with E-state index in [1.807, 2.05) is 42.2 Å². The van der Waals surface area contributed by atoms with E-state index in [4.69, 9.17) is 10.4 Å². The number of benzene rings is 1. The highest BCUT2D eigenvalue weighted by Crippen LogP contribution is 2.27. The van der Waals surface area contributed by atoms with Gasteiger partial charge in [0.2, 0.25) is 0 Å². The first-order valence-corrected chi connectivity index (χ1v) is 12.3.